The second-order valence-electron chi connectivity index (χ2n) is 3.49. The first-order valence-corrected chi connectivity index (χ1v) is 4.07. The van der Waals surface area contributed by atoms with Gasteiger partial charge in [-0.2, -0.15) is 0 Å². The molecular weight excluding hydrogens is 142 g/mol. The maximum absolute atomic E-state index is 11.1. The Morgan fingerprint density at radius 3 is 2.82 bits per heavy atom. The maximum atomic E-state index is 11.1. The third kappa shape index (κ3) is 0.872. The lowest BCUT2D eigenvalue weighted by Gasteiger charge is -2.08. The summed E-state index contributed by atoms with van der Waals surface area (Å²) < 4.78 is 4.69. The number of rotatable bonds is 1. The normalized spacial score (nSPS) is 46.7. The first-order chi connectivity index (χ1) is 5.25. The molecule has 3 heteroatoms. The molecular formula is C8H13NO2. The molecule has 1 N–H and O–H groups in total. The Morgan fingerprint density at radius 2 is 2.36 bits per heavy atom. The zero-order valence-corrected chi connectivity index (χ0v) is 6.83. The Hall–Kier alpha value is -0.570. The lowest BCUT2D eigenvalue weighted by molar-refractivity contribution is -0.143. The smallest absolute Gasteiger partial charge is 0.309 e. The average molecular weight is 155 g/mol. The first kappa shape index (κ1) is 7.10. The second kappa shape index (κ2) is 2.21. The Balaban J connectivity index is 1.99. The summed E-state index contributed by atoms with van der Waals surface area (Å²) in [5.74, 6) is 1.31. The summed E-state index contributed by atoms with van der Waals surface area (Å²) in [6.07, 6.45) is 0. The van der Waals surface area contributed by atoms with Gasteiger partial charge >= 0.3 is 5.97 Å². The lowest BCUT2D eigenvalue weighted by Crippen LogP contribution is -2.27. The third-order valence-electron chi connectivity index (χ3n) is 2.96. The van der Waals surface area contributed by atoms with E-state index < -0.39 is 0 Å². The van der Waals surface area contributed by atoms with Crippen LogP contribution in [-0.4, -0.2) is 25.7 Å². The number of carbonyl (C=O) groups excluding carboxylic acids is 1. The molecule has 2 rings (SSSR count). The van der Waals surface area contributed by atoms with E-state index in [2.05, 4.69) is 12.2 Å². The second-order valence-corrected chi connectivity index (χ2v) is 3.49. The number of nitrogens with one attached hydrogen (secondary N) is 1. The van der Waals surface area contributed by atoms with Crippen LogP contribution in [0.25, 0.3) is 0 Å². The van der Waals surface area contributed by atoms with E-state index in [1.165, 1.54) is 7.11 Å². The number of esters is 1. The molecule has 0 aromatic rings. The van der Waals surface area contributed by atoms with E-state index in [4.69, 9.17) is 4.74 Å². The van der Waals surface area contributed by atoms with Gasteiger partial charge in [0, 0.05) is 6.04 Å². The van der Waals surface area contributed by atoms with Crippen LogP contribution in [0.15, 0.2) is 0 Å². The van der Waals surface area contributed by atoms with E-state index in [-0.39, 0.29) is 11.9 Å². The molecule has 1 aliphatic carbocycles. The zero-order chi connectivity index (χ0) is 8.01. The fourth-order valence-electron chi connectivity index (χ4n) is 2.27. The summed E-state index contributed by atoms with van der Waals surface area (Å²) in [5, 5.41) is 3.32. The summed E-state index contributed by atoms with van der Waals surface area (Å²) in [4.78, 5) is 11.1. The minimum atomic E-state index is -0.0200. The van der Waals surface area contributed by atoms with Gasteiger partial charge < -0.3 is 10.1 Å². The predicted octanol–water partition coefficient (Wildman–Crippen LogP) is 0.0133. The van der Waals surface area contributed by atoms with Crippen molar-refractivity contribution >= 4 is 5.97 Å². The van der Waals surface area contributed by atoms with Gasteiger partial charge in [-0.05, 0) is 25.3 Å². The molecule has 0 bridgehead atoms. The standard InChI is InChI=1S/C8H13NO2/c1-4-6-5(3-9-4)7(6)8(10)11-2/h4-7,9H,3H2,1-2H3/t4?,5-,6+,7+/m0/s1. The van der Waals surface area contributed by atoms with E-state index in [1.807, 2.05) is 0 Å². The number of methoxy groups -OCH3 is 1. The predicted molar refractivity (Wildman–Crippen MR) is 40.0 cm³/mol. The van der Waals surface area contributed by atoms with E-state index in [0.29, 0.717) is 17.9 Å². The van der Waals surface area contributed by atoms with Gasteiger partial charge in [0.1, 0.15) is 0 Å². The quantitative estimate of drug-likeness (QED) is 0.542. The van der Waals surface area contributed by atoms with Gasteiger partial charge in [-0.3, -0.25) is 4.79 Å². The van der Waals surface area contributed by atoms with Gasteiger partial charge in [0.15, 0.2) is 0 Å². The van der Waals surface area contributed by atoms with Gasteiger partial charge in [-0.25, -0.2) is 0 Å². The van der Waals surface area contributed by atoms with Crippen molar-refractivity contribution in [2.75, 3.05) is 13.7 Å². The molecule has 0 radical (unpaired) electrons. The number of hydrogen-bond acceptors (Lipinski definition) is 3. The highest BCUT2D eigenvalue weighted by molar-refractivity contribution is 5.77. The van der Waals surface area contributed by atoms with Crippen molar-refractivity contribution in [1.29, 1.82) is 0 Å². The van der Waals surface area contributed by atoms with Crippen molar-refractivity contribution in [3.05, 3.63) is 0 Å². The van der Waals surface area contributed by atoms with Crippen LogP contribution in [0.5, 0.6) is 0 Å². The molecule has 1 saturated carbocycles. The zero-order valence-electron chi connectivity index (χ0n) is 6.83. The number of fused-ring (bicyclic) bond motifs is 1. The molecule has 0 spiro atoms. The molecule has 1 heterocycles. The fourth-order valence-corrected chi connectivity index (χ4v) is 2.27. The third-order valence-corrected chi connectivity index (χ3v) is 2.96. The van der Waals surface area contributed by atoms with Crippen molar-refractivity contribution in [3.63, 3.8) is 0 Å². The minimum Gasteiger partial charge on any atom is -0.469 e. The van der Waals surface area contributed by atoms with Crippen LogP contribution in [-0.2, 0) is 9.53 Å². The molecule has 62 valence electrons. The Morgan fingerprint density at radius 1 is 1.64 bits per heavy atom. The largest absolute Gasteiger partial charge is 0.469 e. The van der Waals surface area contributed by atoms with Crippen molar-refractivity contribution in [2.45, 2.75) is 13.0 Å². The van der Waals surface area contributed by atoms with E-state index >= 15 is 0 Å². The van der Waals surface area contributed by atoms with Crippen molar-refractivity contribution in [1.82, 2.24) is 5.32 Å². The van der Waals surface area contributed by atoms with E-state index in [0.717, 1.165) is 6.54 Å². The highest BCUT2D eigenvalue weighted by Gasteiger charge is 2.60. The van der Waals surface area contributed by atoms with E-state index in [9.17, 15) is 4.79 Å². The molecule has 2 aliphatic rings. The average Bonchev–Trinajstić information content (AvgIpc) is 2.63. The Kier molecular flexibility index (Phi) is 1.42. The molecule has 4 atom stereocenters. The minimum absolute atomic E-state index is 0.0200. The maximum Gasteiger partial charge on any atom is 0.309 e. The van der Waals surface area contributed by atoms with Gasteiger partial charge in [0.25, 0.3) is 0 Å². The number of hydrogen-bond donors (Lipinski definition) is 1. The summed E-state index contributed by atoms with van der Waals surface area (Å²) in [6, 6.07) is 0.504. The molecule has 3 nitrogen and oxygen atoms in total. The van der Waals surface area contributed by atoms with Crippen LogP contribution in [0.2, 0.25) is 0 Å². The van der Waals surface area contributed by atoms with Crippen molar-refractivity contribution in [3.8, 4) is 0 Å². The first-order valence-electron chi connectivity index (χ1n) is 4.07. The van der Waals surface area contributed by atoms with Crippen LogP contribution in [0.4, 0.5) is 0 Å². The van der Waals surface area contributed by atoms with E-state index in [1.54, 1.807) is 0 Å². The van der Waals surface area contributed by atoms with Gasteiger partial charge in [-0.15, -0.1) is 0 Å². The van der Waals surface area contributed by atoms with Crippen LogP contribution < -0.4 is 5.32 Å². The number of ether oxygens (including phenoxy) is 1. The molecule has 11 heavy (non-hydrogen) atoms. The fraction of sp³-hybridized carbons (Fsp3) is 0.875. The Bertz CT molecular complexity index is 193. The highest BCUT2D eigenvalue weighted by Crippen LogP contribution is 2.52. The van der Waals surface area contributed by atoms with Crippen LogP contribution >= 0.6 is 0 Å². The summed E-state index contributed by atoms with van der Waals surface area (Å²) >= 11 is 0. The van der Waals surface area contributed by atoms with Crippen molar-refractivity contribution < 1.29 is 9.53 Å². The topological polar surface area (TPSA) is 38.3 Å². The van der Waals surface area contributed by atoms with Gasteiger partial charge in [-0.1, -0.05) is 0 Å². The lowest BCUT2D eigenvalue weighted by atomic mass is 10.2. The van der Waals surface area contributed by atoms with Gasteiger partial charge in [0.2, 0.25) is 0 Å². The molecule has 1 aliphatic heterocycles. The van der Waals surface area contributed by atoms with Crippen LogP contribution in [0, 0.1) is 17.8 Å². The van der Waals surface area contributed by atoms with Crippen LogP contribution in [0.3, 0.4) is 0 Å². The molecule has 1 unspecified atom stereocenters. The monoisotopic (exact) mass is 155 g/mol. The molecule has 0 aromatic heterocycles. The van der Waals surface area contributed by atoms with Crippen molar-refractivity contribution in [2.24, 2.45) is 17.8 Å². The summed E-state index contributed by atoms with van der Waals surface area (Å²) in [6.45, 7) is 3.12. The van der Waals surface area contributed by atoms with Gasteiger partial charge in [0.05, 0.1) is 13.0 Å². The molecule has 1 saturated heterocycles. The SMILES string of the molecule is COC(=O)[C@@H]1[C@H]2CNC(C)[C@H]21. The number of piperidine rings is 1. The summed E-state index contributed by atoms with van der Waals surface area (Å²) in [5.41, 5.74) is 0. The molecule has 2 fully saturated rings. The van der Waals surface area contributed by atoms with Crippen LogP contribution in [0.1, 0.15) is 6.92 Å². The molecule has 0 aromatic carbocycles. The number of carbonyl (C=O) groups is 1. The highest BCUT2D eigenvalue weighted by atomic mass is 16.5. The molecule has 0 amide bonds. The Labute approximate surface area is 66.1 Å². The summed E-state index contributed by atoms with van der Waals surface area (Å²) in [7, 11) is 1.47.